The largest absolute Gasteiger partial charge is 0.0795 e. The van der Waals surface area contributed by atoms with Crippen molar-refractivity contribution in [1.82, 2.24) is 0 Å². The van der Waals surface area contributed by atoms with Crippen LogP contribution in [0.5, 0.6) is 0 Å². The Morgan fingerprint density at radius 3 is 1.07 bits per heavy atom. The molecular formula is C14H20. The maximum atomic E-state index is 2.21. The van der Waals surface area contributed by atoms with Gasteiger partial charge in [-0.05, 0) is 74.2 Å². The fraction of sp³-hybridized carbons (Fsp3) is 0.429. The van der Waals surface area contributed by atoms with Crippen LogP contribution < -0.4 is 10.4 Å². The van der Waals surface area contributed by atoms with Gasteiger partial charge in [-0.25, -0.2) is 0 Å². The van der Waals surface area contributed by atoms with Crippen LogP contribution >= 0.6 is 0 Å². The van der Waals surface area contributed by atoms with Gasteiger partial charge in [0.25, 0.3) is 0 Å². The molecule has 0 heterocycles. The summed E-state index contributed by atoms with van der Waals surface area (Å²) in [4.78, 5) is 0. The van der Waals surface area contributed by atoms with E-state index in [1.54, 1.807) is 0 Å². The van der Waals surface area contributed by atoms with Gasteiger partial charge < -0.3 is 0 Å². The van der Waals surface area contributed by atoms with Gasteiger partial charge in [-0.15, -0.1) is 0 Å². The SMILES string of the molecule is C/C=c1\c(C)c(C)c(C)c(C)\c1=C/C. The Morgan fingerprint density at radius 1 is 0.571 bits per heavy atom. The molecule has 76 valence electrons. The third kappa shape index (κ3) is 1.50. The first kappa shape index (κ1) is 11.0. The molecule has 1 rings (SSSR count). The van der Waals surface area contributed by atoms with Gasteiger partial charge in [0.15, 0.2) is 0 Å². The van der Waals surface area contributed by atoms with Crippen LogP contribution in [0, 0.1) is 27.7 Å². The molecule has 0 aliphatic heterocycles. The van der Waals surface area contributed by atoms with Gasteiger partial charge >= 0.3 is 0 Å². The summed E-state index contributed by atoms with van der Waals surface area (Å²) in [6.45, 7) is 13.1. The first-order valence-electron chi connectivity index (χ1n) is 5.23. The summed E-state index contributed by atoms with van der Waals surface area (Å²) in [5, 5.41) is 2.79. The van der Waals surface area contributed by atoms with Crippen molar-refractivity contribution in [2.75, 3.05) is 0 Å². The first-order chi connectivity index (χ1) is 6.54. The molecule has 0 aliphatic rings. The Bertz CT molecular complexity index is 417. The highest BCUT2D eigenvalue weighted by molar-refractivity contribution is 5.46. The minimum atomic E-state index is 1.40. The van der Waals surface area contributed by atoms with Crippen molar-refractivity contribution < 1.29 is 0 Å². The minimum Gasteiger partial charge on any atom is -0.0795 e. The molecule has 0 bridgehead atoms. The Morgan fingerprint density at radius 2 is 0.857 bits per heavy atom. The zero-order chi connectivity index (χ0) is 10.9. The van der Waals surface area contributed by atoms with Gasteiger partial charge in [0.05, 0.1) is 0 Å². The lowest BCUT2D eigenvalue weighted by Gasteiger charge is -2.10. The highest BCUT2D eigenvalue weighted by Gasteiger charge is 2.04. The number of rotatable bonds is 0. The van der Waals surface area contributed by atoms with Crippen molar-refractivity contribution in [1.29, 1.82) is 0 Å². The second-order valence-corrected chi connectivity index (χ2v) is 3.90. The standard InChI is InChI=1S/C14H20/c1-7-13-11(5)9(3)10(4)12(6)14(13)8-2/h7-8H,1-6H3/b13-7+,14-8+. The Kier molecular flexibility index (Phi) is 3.15. The van der Waals surface area contributed by atoms with Crippen LogP contribution in [0.25, 0.3) is 12.2 Å². The van der Waals surface area contributed by atoms with Gasteiger partial charge in [-0.3, -0.25) is 0 Å². The van der Waals surface area contributed by atoms with E-state index in [0.717, 1.165) is 0 Å². The predicted molar refractivity (Wildman–Crippen MR) is 64.9 cm³/mol. The van der Waals surface area contributed by atoms with Crippen molar-refractivity contribution in [3.05, 3.63) is 32.7 Å². The zero-order valence-corrected chi connectivity index (χ0v) is 10.2. The van der Waals surface area contributed by atoms with Crippen molar-refractivity contribution >= 4 is 12.2 Å². The average Bonchev–Trinajstić information content (AvgIpc) is 2.20. The Labute approximate surface area is 87.0 Å². The average molecular weight is 188 g/mol. The van der Waals surface area contributed by atoms with Crippen molar-refractivity contribution in [3.63, 3.8) is 0 Å². The molecule has 0 N–H and O–H groups in total. The maximum absolute atomic E-state index is 2.21. The molecule has 0 aromatic heterocycles. The van der Waals surface area contributed by atoms with E-state index in [1.807, 2.05) is 0 Å². The highest BCUT2D eigenvalue weighted by atomic mass is 14.1. The summed E-state index contributed by atoms with van der Waals surface area (Å²) in [6, 6.07) is 0. The van der Waals surface area contributed by atoms with Crippen LogP contribution in [-0.2, 0) is 0 Å². The van der Waals surface area contributed by atoms with E-state index in [0.29, 0.717) is 0 Å². The third-order valence-electron chi connectivity index (χ3n) is 3.36. The molecule has 0 unspecified atom stereocenters. The van der Waals surface area contributed by atoms with Gasteiger partial charge in [0.1, 0.15) is 0 Å². The molecular weight excluding hydrogens is 168 g/mol. The molecule has 14 heavy (non-hydrogen) atoms. The van der Waals surface area contributed by atoms with Crippen LogP contribution in [0.3, 0.4) is 0 Å². The van der Waals surface area contributed by atoms with Gasteiger partial charge in [-0.2, -0.15) is 0 Å². The first-order valence-corrected chi connectivity index (χ1v) is 5.23. The molecule has 0 fully saturated rings. The third-order valence-corrected chi connectivity index (χ3v) is 3.36. The molecule has 0 aliphatic carbocycles. The molecule has 1 aromatic rings. The van der Waals surface area contributed by atoms with Crippen LogP contribution in [-0.4, -0.2) is 0 Å². The van der Waals surface area contributed by atoms with Crippen molar-refractivity contribution in [2.24, 2.45) is 0 Å². The topological polar surface area (TPSA) is 0 Å². The molecule has 0 radical (unpaired) electrons. The predicted octanol–water partition coefficient (Wildman–Crippen LogP) is 2.52. The molecule has 0 heteroatoms. The van der Waals surface area contributed by atoms with E-state index in [1.165, 1.54) is 32.7 Å². The van der Waals surface area contributed by atoms with Crippen LogP contribution in [0.4, 0.5) is 0 Å². The van der Waals surface area contributed by atoms with E-state index in [9.17, 15) is 0 Å². The highest BCUT2D eigenvalue weighted by Crippen LogP contribution is 2.09. The van der Waals surface area contributed by atoms with Gasteiger partial charge in [0, 0.05) is 0 Å². The molecule has 0 atom stereocenters. The lowest BCUT2D eigenvalue weighted by molar-refractivity contribution is 1.16. The second kappa shape index (κ2) is 4.00. The molecule has 1 aromatic carbocycles. The van der Waals surface area contributed by atoms with E-state index >= 15 is 0 Å². The molecule has 0 amide bonds. The summed E-state index contributed by atoms with van der Waals surface area (Å²) in [7, 11) is 0. The maximum Gasteiger partial charge on any atom is -0.0195 e. The lowest BCUT2D eigenvalue weighted by Crippen LogP contribution is -2.31. The fourth-order valence-corrected chi connectivity index (χ4v) is 2.11. The quantitative estimate of drug-likeness (QED) is 0.587. The zero-order valence-electron chi connectivity index (χ0n) is 10.2. The molecule has 0 nitrogen and oxygen atoms in total. The van der Waals surface area contributed by atoms with Crippen molar-refractivity contribution in [3.8, 4) is 0 Å². The normalized spacial score (nSPS) is 13.9. The fourth-order valence-electron chi connectivity index (χ4n) is 2.11. The van der Waals surface area contributed by atoms with E-state index < -0.39 is 0 Å². The smallest absolute Gasteiger partial charge is 0.0195 e. The molecule has 0 spiro atoms. The summed E-state index contributed by atoms with van der Waals surface area (Å²) < 4.78 is 0. The Hall–Kier alpha value is -1.04. The second-order valence-electron chi connectivity index (χ2n) is 3.90. The summed E-state index contributed by atoms with van der Waals surface area (Å²) in [5.74, 6) is 0. The molecule has 0 saturated heterocycles. The summed E-state index contributed by atoms with van der Waals surface area (Å²) >= 11 is 0. The number of hydrogen-bond donors (Lipinski definition) is 0. The van der Waals surface area contributed by atoms with E-state index in [-0.39, 0.29) is 0 Å². The van der Waals surface area contributed by atoms with E-state index in [4.69, 9.17) is 0 Å². The monoisotopic (exact) mass is 188 g/mol. The summed E-state index contributed by atoms with van der Waals surface area (Å²) in [6.07, 6.45) is 4.42. The Balaban J connectivity index is 3.97. The van der Waals surface area contributed by atoms with E-state index in [2.05, 4.69) is 53.7 Å². The van der Waals surface area contributed by atoms with Gasteiger partial charge in [-0.1, -0.05) is 12.2 Å². The van der Waals surface area contributed by atoms with Crippen LogP contribution in [0.15, 0.2) is 0 Å². The van der Waals surface area contributed by atoms with Crippen molar-refractivity contribution in [2.45, 2.75) is 41.5 Å². The number of hydrogen-bond acceptors (Lipinski definition) is 0. The minimum absolute atomic E-state index is 1.40. The van der Waals surface area contributed by atoms with Crippen LogP contribution in [0.1, 0.15) is 36.1 Å². The lowest BCUT2D eigenvalue weighted by atomic mass is 9.95. The van der Waals surface area contributed by atoms with Gasteiger partial charge in [0.2, 0.25) is 0 Å². The summed E-state index contributed by atoms with van der Waals surface area (Å²) in [5.41, 5.74) is 5.70. The van der Waals surface area contributed by atoms with Crippen LogP contribution in [0.2, 0.25) is 0 Å². The number of benzene rings is 1. The molecule has 0 saturated carbocycles.